The maximum absolute atomic E-state index is 5.90. The fourth-order valence-electron chi connectivity index (χ4n) is 2.32. The van der Waals surface area contributed by atoms with Crippen molar-refractivity contribution >= 4 is 11.3 Å². The average Bonchev–Trinajstić information content (AvgIpc) is 2.98. The first-order chi connectivity index (χ1) is 9.36. The molecule has 100 valence electrons. The van der Waals surface area contributed by atoms with Crippen molar-refractivity contribution in [2.75, 3.05) is 19.8 Å². The molecule has 0 radical (unpaired) electrons. The molecule has 19 heavy (non-hydrogen) atoms. The average molecular weight is 275 g/mol. The fourth-order valence-corrected chi connectivity index (χ4v) is 3.17. The van der Waals surface area contributed by atoms with Crippen molar-refractivity contribution in [3.8, 4) is 11.5 Å². The van der Waals surface area contributed by atoms with E-state index in [1.807, 2.05) is 6.07 Å². The minimum absolute atomic E-state index is 0.377. The molecule has 1 aliphatic heterocycles. The van der Waals surface area contributed by atoms with Gasteiger partial charge in [0, 0.05) is 17.3 Å². The summed E-state index contributed by atoms with van der Waals surface area (Å²) in [6.45, 7) is 1.92. The van der Waals surface area contributed by atoms with Gasteiger partial charge in [-0.05, 0) is 35.6 Å². The van der Waals surface area contributed by atoms with Gasteiger partial charge in [-0.3, -0.25) is 0 Å². The summed E-state index contributed by atoms with van der Waals surface area (Å²) in [4.78, 5) is 1.34. The molecule has 0 bridgehead atoms. The van der Waals surface area contributed by atoms with Crippen molar-refractivity contribution in [2.45, 2.75) is 12.3 Å². The van der Waals surface area contributed by atoms with Crippen LogP contribution in [0.1, 0.15) is 16.4 Å². The SMILES string of the molecule is NCC(Cc1ccc2c(c1)OCCO2)c1cccs1. The first kappa shape index (κ1) is 12.5. The molecule has 2 aromatic rings. The quantitative estimate of drug-likeness (QED) is 0.933. The van der Waals surface area contributed by atoms with Gasteiger partial charge in [-0.2, -0.15) is 0 Å². The van der Waals surface area contributed by atoms with E-state index < -0.39 is 0 Å². The van der Waals surface area contributed by atoms with Gasteiger partial charge in [0.1, 0.15) is 13.2 Å². The van der Waals surface area contributed by atoms with Crippen LogP contribution >= 0.6 is 11.3 Å². The highest BCUT2D eigenvalue weighted by Crippen LogP contribution is 2.33. The molecular formula is C15H17NO2S. The smallest absolute Gasteiger partial charge is 0.161 e. The van der Waals surface area contributed by atoms with E-state index in [9.17, 15) is 0 Å². The molecule has 2 N–H and O–H groups in total. The zero-order valence-corrected chi connectivity index (χ0v) is 11.5. The Morgan fingerprint density at radius 3 is 2.74 bits per heavy atom. The first-order valence-corrected chi connectivity index (χ1v) is 7.37. The molecule has 4 heteroatoms. The number of rotatable bonds is 4. The lowest BCUT2D eigenvalue weighted by atomic mass is 9.97. The van der Waals surface area contributed by atoms with Crippen molar-refractivity contribution in [3.63, 3.8) is 0 Å². The highest BCUT2D eigenvalue weighted by molar-refractivity contribution is 7.10. The summed E-state index contributed by atoms with van der Waals surface area (Å²) < 4.78 is 11.2. The third-order valence-electron chi connectivity index (χ3n) is 3.32. The molecule has 1 aliphatic rings. The van der Waals surface area contributed by atoms with Crippen LogP contribution in [-0.2, 0) is 6.42 Å². The molecule has 0 saturated heterocycles. The van der Waals surface area contributed by atoms with Crippen molar-refractivity contribution in [1.29, 1.82) is 0 Å². The maximum atomic E-state index is 5.90. The molecule has 3 rings (SSSR count). The van der Waals surface area contributed by atoms with Gasteiger partial charge in [-0.1, -0.05) is 12.1 Å². The summed E-state index contributed by atoms with van der Waals surface area (Å²) in [5.74, 6) is 2.07. The Morgan fingerprint density at radius 1 is 1.16 bits per heavy atom. The van der Waals surface area contributed by atoms with Crippen molar-refractivity contribution < 1.29 is 9.47 Å². The molecule has 0 amide bonds. The van der Waals surface area contributed by atoms with Gasteiger partial charge in [0.15, 0.2) is 11.5 Å². The molecule has 0 aliphatic carbocycles. The Kier molecular flexibility index (Phi) is 3.71. The molecule has 1 unspecified atom stereocenters. The molecule has 1 atom stereocenters. The Bertz CT molecular complexity index is 539. The van der Waals surface area contributed by atoms with Gasteiger partial charge in [0.2, 0.25) is 0 Å². The molecule has 2 heterocycles. The second-order valence-corrected chi connectivity index (χ2v) is 5.61. The maximum Gasteiger partial charge on any atom is 0.161 e. The predicted octanol–water partition coefficient (Wildman–Crippen LogP) is 2.80. The van der Waals surface area contributed by atoms with E-state index in [2.05, 4.69) is 29.6 Å². The zero-order chi connectivity index (χ0) is 13.1. The number of ether oxygens (including phenoxy) is 2. The van der Waals surface area contributed by atoms with Gasteiger partial charge in [0.05, 0.1) is 0 Å². The van der Waals surface area contributed by atoms with E-state index in [0.29, 0.717) is 25.7 Å². The molecule has 0 saturated carbocycles. The topological polar surface area (TPSA) is 44.5 Å². The summed E-state index contributed by atoms with van der Waals surface area (Å²) in [7, 11) is 0. The number of hydrogen-bond acceptors (Lipinski definition) is 4. The number of hydrogen-bond donors (Lipinski definition) is 1. The lowest BCUT2D eigenvalue weighted by molar-refractivity contribution is 0.171. The number of thiophene rings is 1. The molecule has 1 aromatic carbocycles. The van der Waals surface area contributed by atoms with Crippen LogP contribution in [0.2, 0.25) is 0 Å². The van der Waals surface area contributed by atoms with Crippen LogP contribution in [0.4, 0.5) is 0 Å². The van der Waals surface area contributed by atoms with Gasteiger partial charge in [-0.25, -0.2) is 0 Å². The number of fused-ring (bicyclic) bond motifs is 1. The minimum Gasteiger partial charge on any atom is -0.486 e. The van der Waals surface area contributed by atoms with Gasteiger partial charge in [0.25, 0.3) is 0 Å². The molecule has 0 fully saturated rings. The van der Waals surface area contributed by atoms with Crippen molar-refractivity contribution in [2.24, 2.45) is 5.73 Å². The monoisotopic (exact) mass is 275 g/mol. The third kappa shape index (κ3) is 2.74. The highest BCUT2D eigenvalue weighted by atomic mass is 32.1. The molecule has 3 nitrogen and oxygen atoms in total. The zero-order valence-electron chi connectivity index (χ0n) is 10.7. The van der Waals surface area contributed by atoms with Gasteiger partial charge < -0.3 is 15.2 Å². The molecule has 0 spiro atoms. The first-order valence-electron chi connectivity index (χ1n) is 6.49. The lowest BCUT2D eigenvalue weighted by Gasteiger charge is -2.20. The fraction of sp³-hybridized carbons (Fsp3) is 0.333. The third-order valence-corrected chi connectivity index (χ3v) is 4.35. The predicted molar refractivity (Wildman–Crippen MR) is 77.3 cm³/mol. The normalized spacial score (nSPS) is 15.2. The van der Waals surface area contributed by atoms with Crippen LogP contribution in [0.25, 0.3) is 0 Å². The van der Waals surface area contributed by atoms with Crippen molar-refractivity contribution in [3.05, 3.63) is 46.2 Å². The molecule has 1 aromatic heterocycles. The Morgan fingerprint density at radius 2 is 2.00 bits per heavy atom. The van der Waals surface area contributed by atoms with E-state index in [0.717, 1.165) is 17.9 Å². The van der Waals surface area contributed by atoms with E-state index in [-0.39, 0.29) is 0 Å². The van der Waals surface area contributed by atoms with Crippen LogP contribution in [0.15, 0.2) is 35.7 Å². The summed E-state index contributed by atoms with van der Waals surface area (Å²) in [6, 6.07) is 10.4. The summed E-state index contributed by atoms with van der Waals surface area (Å²) in [6.07, 6.45) is 0.938. The Labute approximate surface area is 117 Å². The molecular weight excluding hydrogens is 258 g/mol. The van der Waals surface area contributed by atoms with E-state index in [4.69, 9.17) is 15.2 Å². The summed E-state index contributed by atoms with van der Waals surface area (Å²) in [5, 5.41) is 2.10. The van der Waals surface area contributed by atoms with Crippen LogP contribution in [-0.4, -0.2) is 19.8 Å². The highest BCUT2D eigenvalue weighted by Gasteiger charge is 2.15. The standard InChI is InChI=1S/C15H17NO2S/c16-10-12(15-2-1-7-19-15)8-11-3-4-13-14(9-11)18-6-5-17-13/h1-4,7,9,12H,5-6,8,10,16H2. The summed E-state index contributed by atoms with van der Waals surface area (Å²) >= 11 is 1.77. The van der Waals surface area contributed by atoms with E-state index in [1.54, 1.807) is 11.3 Å². The van der Waals surface area contributed by atoms with Gasteiger partial charge >= 0.3 is 0 Å². The van der Waals surface area contributed by atoms with Crippen LogP contribution in [0.3, 0.4) is 0 Å². The van der Waals surface area contributed by atoms with Gasteiger partial charge in [-0.15, -0.1) is 11.3 Å². The van der Waals surface area contributed by atoms with Crippen molar-refractivity contribution in [1.82, 2.24) is 0 Å². The largest absolute Gasteiger partial charge is 0.486 e. The Balaban J connectivity index is 1.79. The second kappa shape index (κ2) is 5.63. The lowest BCUT2D eigenvalue weighted by Crippen LogP contribution is -2.16. The Hall–Kier alpha value is -1.52. The van der Waals surface area contributed by atoms with Crippen LogP contribution in [0.5, 0.6) is 11.5 Å². The second-order valence-electron chi connectivity index (χ2n) is 4.63. The van der Waals surface area contributed by atoms with E-state index >= 15 is 0 Å². The van der Waals surface area contributed by atoms with E-state index in [1.165, 1.54) is 10.4 Å². The van der Waals surface area contributed by atoms with Crippen LogP contribution in [0, 0.1) is 0 Å². The number of nitrogens with two attached hydrogens (primary N) is 1. The summed E-state index contributed by atoms with van der Waals surface area (Å²) in [5.41, 5.74) is 7.14. The number of benzene rings is 1. The minimum atomic E-state index is 0.377. The van der Waals surface area contributed by atoms with Crippen LogP contribution < -0.4 is 15.2 Å².